The minimum Gasteiger partial charge on any atom is -0.480 e. The molecule has 4 aromatic rings. The Balaban J connectivity index is 1.31. The summed E-state index contributed by atoms with van der Waals surface area (Å²) in [4.78, 5) is 155. The van der Waals surface area contributed by atoms with E-state index < -0.39 is 122 Å². The molecule has 0 aliphatic heterocycles. The molecule has 0 spiro atoms. The van der Waals surface area contributed by atoms with Gasteiger partial charge in [0.15, 0.2) is 0 Å². The van der Waals surface area contributed by atoms with E-state index in [2.05, 4.69) is 41.9 Å². The topological polar surface area (TPSA) is 390 Å². The van der Waals surface area contributed by atoms with Crippen LogP contribution in [-0.2, 0) is 38.4 Å². The summed E-state index contributed by atoms with van der Waals surface area (Å²) in [5.74, 6) is -12.4. The van der Waals surface area contributed by atoms with Gasteiger partial charge in [-0.15, -0.1) is 0 Å². The molecule has 0 bridgehead atoms. The van der Waals surface area contributed by atoms with Gasteiger partial charge in [0.2, 0.25) is 35.2 Å². The third-order valence-electron chi connectivity index (χ3n) is 9.71. The van der Waals surface area contributed by atoms with Crippen LogP contribution in [0.4, 0.5) is 0 Å². The van der Waals surface area contributed by atoms with Crippen LogP contribution in [0.2, 0.25) is 0 Å². The molecular weight excluding hydrogens is 961 g/mol. The van der Waals surface area contributed by atoms with Gasteiger partial charge < -0.3 is 62.3 Å². The van der Waals surface area contributed by atoms with E-state index >= 15 is 0 Å². The molecule has 2 heterocycles. The molecule has 4 rings (SSSR count). The summed E-state index contributed by atoms with van der Waals surface area (Å²) < 4.78 is 0. The highest BCUT2D eigenvalue weighted by Crippen LogP contribution is 2.24. The van der Waals surface area contributed by atoms with Gasteiger partial charge in [0.1, 0.15) is 37.3 Å². The van der Waals surface area contributed by atoms with E-state index in [0.717, 1.165) is 21.6 Å². The average Bonchev–Trinajstić information content (AvgIpc) is 4.09. The van der Waals surface area contributed by atoms with Gasteiger partial charge in [-0.25, -0.2) is 9.59 Å². The maximum absolute atomic E-state index is 13.0. The lowest BCUT2D eigenvalue weighted by Gasteiger charge is -2.20. The number of carbonyl (C=O) groups is 12. The highest BCUT2D eigenvalue weighted by atomic mass is 33.1. The van der Waals surface area contributed by atoms with Crippen LogP contribution in [0, 0.1) is 0 Å². The summed E-state index contributed by atoms with van der Waals surface area (Å²) in [7, 11) is 1.71. The predicted molar refractivity (Wildman–Crippen MR) is 248 cm³/mol. The predicted octanol–water partition coefficient (Wildman–Crippen LogP) is 0.184. The molecule has 12 N–H and O–H groups in total. The molecule has 0 unspecified atom stereocenters. The molecule has 4 atom stereocenters. The fraction of sp³-hybridized carbons (Fsp3) is 0.273. The Hall–Kier alpha value is -8.26. The van der Waals surface area contributed by atoms with E-state index in [1.807, 2.05) is 0 Å². The number of aromatic amines is 2. The highest BCUT2D eigenvalue weighted by molar-refractivity contribution is 8.76. The fourth-order valence-corrected chi connectivity index (χ4v) is 8.38. The van der Waals surface area contributed by atoms with Crippen LogP contribution in [0.15, 0.2) is 85.2 Å². The number of carboxylic acids is 4. The number of benzene rings is 2. The molecule has 6 amide bonds. The fourth-order valence-electron chi connectivity index (χ4n) is 6.05. The summed E-state index contributed by atoms with van der Waals surface area (Å²) in [6, 6.07) is 11.1. The summed E-state index contributed by atoms with van der Waals surface area (Å²) >= 11 is 0. The number of hydrogen-bond acceptors (Lipinski definition) is 14. The van der Waals surface area contributed by atoms with Crippen molar-refractivity contribution in [2.45, 2.75) is 49.9 Å². The molecule has 24 nitrogen and oxygen atoms in total. The van der Waals surface area contributed by atoms with Crippen LogP contribution in [0.3, 0.4) is 0 Å². The minimum absolute atomic E-state index is 0.0150. The summed E-state index contributed by atoms with van der Waals surface area (Å²) in [6.07, 6.45) is 1.12. The quantitative estimate of drug-likeness (QED) is 0.0196. The number of amides is 6. The molecule has 0 fully saturated rings. The largest absolute Gasteiger partial charge is 0.480 e. The molecule has 0 saturated heterocycles. The van der Waals surface area contributed by atoms with Crippen LogP contribution >= 0.6 is 21.6 Å². The number of ketones is 2. The normalized spacial score (nSPS) is 12.4. The first-order valence-electron chi connectivity index (χ1n) is 20.8. The Kier molecular flexibility index (Phi) is 20.9. The Morgan fingerprint density at radius 3 is 1.10 bits per heavy atom. The van der Waals surface area contributed by atoms with Gasteiger partial charge in [0.05, 0.1) is 11.4 Å². The molecule has 0 saturated carbocycles. The van der Waals surface area contributed by atoms with Crippen LogP contribution < -0.4 is 31.9 Å². The Morgan fingerprint density at radius 2 is 0.800 bits per heavy atom. The third-order valence-corrected chi connectivity index (χ3v) is 12.1. The van der Waals surface area contributed by atoms with Crippen molar-refractivity contribution < 1.29 is 78.0 Å². The van der Waals surface area contributed by atoms with Gasteiger partial charge in [-0.3, -0.25) is 47.9 Å². The lowest BCUT2D eigenvalue weighted by Crippen LogP contribution is -2.50. The van der Waals surface area contributed by atoms with Gasteiger partial charge in [0, 0.05) is 59.0 Å². The molecular formula is C44H46N8O16S2. The smallest absolute Gasteiger partial charge is 0.326 e. The molecule has 26 heteroatoms. The van der Waals surface area contributed by atoms with E-state index in [4.69, 9.17) is 10.2 Å². The first kappa shape index (κ1) is 54.3. The first-order valence-corrected chi connectivity index (χ1v) is 23.3. The molecule has 0 aliphatic carbocycles. The number of aromatic nitrogens is 2. The number of aliphatic carboxylic acids is 4. The minimum atomic E-state index is -1.59. The SMILES string of the molecule is O=C(O)CNC(=O)[C@H](CSSC[C@H](NC(=O)CC[C@H](NC(=O)c1ccc(C(=O)c2ccc[nH]2)cc1)C(=O)O)C(=O)NCC(=O)O)NC(=O)CC[C@H](NC(=O)c1ccc(C(=O)c2ccc[nH]2)cc1)C(=O)O. The second-order valence-corrected chi connectivity index (χ2v) is 17.4. The van der Waals surface area contributed by atoms with E-state index in [1.54, 1.807) is 36.7 Å². The Bertz CT molecular complexity index is 2380. The zero-order valence-electron chi connectivity index (χ0n) is 36.6. The third kappa shape index (κ3) is 17.4. The monoisotopic (exact) mass is 1010 g/mol. The number of H-pyrrole nitrogens is 2. The zero-order valence-corrected chi connectivity index (χ0v) is 38.2. The van der Waals surface area contributed by atoms with Crippen molar-refractivity contribution in [1.29, 1.82) is 0 Å². The van der Waals surface area contributed by atoms with Crippen molar-refractivity contribution in [1.82, 2.24) is 41.9 Å². The van der Waals surface area contributed by atoms with Crippen LogP contribution in [0.25, 0.3) is 0 Å². The van der Waals surface area contributed by atoms with Gasteiger partial charge in [-0.2, -0.15) is 0 Å². The van der Waals surface area contributed by atoms with Crippen molar-refractivity contribution in [3.05, 3.63) is 119 Å². The van der Waals surface area contributed by atoms with Crippen molar-refractivity contribution >= 4 is 92.5 Å². The van der Waals surface area contributed by atoms with Crippen LogP contribution in [0.5, 0.6) is 0 Å². The molecule has 2 aromatic carbocycles. The number of nitrogens with one attached hydrogen (secondary N) is 8. The summed E-state index contributed by atoms with van der Waals surface area (Å²) in [5.41, 5.74) is 1.17. The van der Waals surface area contributed by atoms with Crippen LogP contribution in [-0.4, -0.2) is 150 Å². The number of carboxylic acid groups (broad SMARTS) is 4. The van der Waals surface area contributed by atoms with Crippen molar-refractivity contribution in [3.8, 4) is 0 Å². The van der Waals surface area contributed by atoms with Crippen LogP contribution in [0.1, 0.15) is 78.5 Å². The van der Waals surface area contributed by atoms with Gasteiger partial charge >= 0.3 is 23.9 Å². The van der Waals surface area contributed by atoms with Gasteiger partial charge in [-0.1, -0.05) is 45.9 Å². The Labute approximate surface area is 404 Å². The molecule has 0 radical (unpaired) electrons. The van der Waals surface area contributed by atoms with E-state index in [9.17, 15) is 67.7 Å². The van der Waals surface area contributed by atoms with Gasteiger partial charge in [0.25, 0.3) is 11.8 Å². The second kappa shape index (κ2) is 26.9. The van der Waals surface area contributed by atoms with Crippen molar-refractivity contribution in [2.24, 2.45) is 0 Å². The van der Waals surface area contributed by atoms with E-state index in [0.29, 0.717) is 11.4 Å². The highest BCUT2D eigenvalue weighted by Gasteiger charge is 2.28. The Morgan fingerprint density at radius 1 is 0.457 bits per heavy atom. The summed E-state index contributed by atoms with van der Waals surface area (Å²) in [5, 5.41) is 51.3. The maximum Gasteiger partial charge on any atom is 0.326 e. The molecule has 0 aliphatic rings. The zero-order chi connectivity index (χ0) is 51.3. The molecule has 2 aromatic heterocycles. The van der Waals surface area contributed by atoms with E-state index in [1.165, 1.54) is 48.5 Å². The number of rotatable bonds is 29. The first-order chi connectivity index (χ1) is 33.3. The molecule has 70 heavy (non-hydrogen) atoms. The second-order valence-electron chi connectivity index (χ2n) is 14.8. The maximum atomic E-state index is 13.0. The number of hydrogen-bond donors (Lipinski definition) is 12. The average molecular weight is 1010 g/mol. The van der Waals surface area contributed by atoms with Crippen molar-refractivity contribution in [3.63, 3.8) is 0 Å². The lowest BCUT2D eigenvalue weighted by atomic mass is 10.1. The van der Waals surface area contributed by atoms with Gasteiger partial charge in [-0.05, 0) is 61.4 Å². The number of carbonyl (C=O) groups excluding carboxylic acids is 8. The standard InChI is InChI=1S/C44H46N8O16S2/c53-33(15-13-29(43(65)66)51-39(61)25-9-5-23(6-10-25)37(59)27-3-1-17-45-27)49-31(41(63)47-19-35(55)56)21-69-70-22-32(42(64)48-20-36(57)58)50-34(54)16-14-30(44(67)68)52-40(62)26-11-7-24(8-12-26)38(60)28-4-2-18-46-28/h1-12,17-18,29-32,45-46H,13-16,19-22H2,(H,47,63)(H,48,64)(H,49,53)(H,50,54)(H,51,61)(H,52,62)(H,55,56)(H,57,58)(H,65,66)(H,67,68)/t29-,30-,31-,32-/m0/s1. The lowest BCUT2D eigenvalue weighted by molar-refractivity contribution is -0.140. The van der Waals surface area contributed by atoms with E-state index in [-0.39, 0.29) is 45.3 Å². The summed E-state index contributed by atoms with van der Waals surface area (Å²) in [6.45, 7) is -1.68. The van der Waals surface area contributed by atoms with Crippen molar-refractivity contribution in [2.75, 3.05) is 24.6 Å². The molecule has 370 valence electrons.